The van der Waals surface area contributed by atoms with E-state index in [2.05, 4.69) is 29.4 Å². The van der Waals surface area contributed by atoms with Gasteiger partial charge < -0.3 is 10.5 Å². The highest BCUT2D eigenvalue weighted by Gasteiger charge is 2.13. The van der Waals surface area contributed by atoms with Crippen LogP contribution in [-0.2, 0) is 0 Å². The van der Waals surface area contributed by atoms with E-state index in [1.165, 1.54) is 0 Å². The maximum absolute atomic E-state index is 12.0. The second-order valence-corrected chi connectivity index (χ2v) is 6.44. The fraction of sp³-hybridized carbons (Fsp3) is 0.312. The normalized spacial score (nSPS) is 11.1. The molecule has 1 aromatic heterocycles. The summed E-state index contributed by atoms with van der Waals surface area (Å²) in [5.41, 5.74) is 9.47. The molecule has 0 atom stereocenters. The first kappa shape index (κ1) is 17.0. The Bertz CT molecular complexity index is 710. The first-order valence-electron chi connectivity index (χ1n) is 7.25. The van der Waals surface area contributed by atoms with Gasteiger partial charge in [-0.2, -0.15) is 5.10 Å². The predicted molar refractivity (Wildman–Crippen MR) is 93.1 cm³/mol. The van der Waals surface area contributed by atoms with Gasteiger partial charge >= 0.3 is 0 Å². The molecule has 3 N–H and O–H groups in total. The molecule has 2 aromatic rings. The Labute approximate surface area is 139 Å². The third-order valence-electron chi connectivity index (χ3n) is 2.88. The molecule has 0 saturated carbocycles. The molecule has 6 nitrogen and oxygen atoms in total. The highest BCUT2D eigenvalue weighted by atomic mass is 32.1. The molecule has 7 heteroatoms. The number of rotatable bonds is 6. The highest BCUT2D eigenvalue weighted by molar-refractivity contribution is 7.17. The van der Waals surface area contributed by atoms with Gasteiger partial charge in [-0.1, -0.05) is 37.3 Å². The number of aromatic nitrogens is 1. The van der Waals surface area contributed by atoms with Crippen LogP contribution in [-0.4, -0.2) is 23.7 Å². The van der Waals surface area contributed by atoms with Crippen molar-refractivity contribution >= 4 is 28.6 Å². The van der Waals surface area contributed by atoms with E-state index in [1.54, 1.807) is 13.1 Å². The number of benzene rings is 1. The van der Waals surface area contributed by atoms with Gasteiger partial charge in [-0.25, -0.2) is 10.4 Å². The van der Waals surface area contributed by atoms with Crippen molar-refractivity contribution in [2.75, 3.05) is 12.3 Å². The fourth-order valence-corrected chi connectivity index (χ4v) is 2.54. The highest BCUT2D eigenvalue weighted by Crippen LogP contribution is 2.19. The van der Waals surface area contributed by atoms with Gasteiger partial charge in [-0.05, 0) is 25.0 Å². The van der Waals surface area contributed by atoms with Crippen molar-refractivity contribution in [3.05, 3.63) is 40.4 Å². The first-order valence-corrected chi connectivity index (χ1v) is 8.07. The summed E-state index contributed by atoms with van der Waals surface area (Å²) >= 11 is 1.14. The molecule has 23 heavy (non-hydrogen) atoms. The van der Waals surface area contributed by atoms with Gasteiger partial charge in [-0.3, -0.25) is 4.79 Å². The Morgan fingerprint density at radius 3 is 2.87 bits per heavy atom. The van der Waals surface area contributed by atoms with E-state index in [0.717, 1.165) is 22.6 Å². The maximum Gasteiger partial charge on any atom is 0.283 e. The van der Waals surface area contributed by atoms with E-state index >= 15 is 0 Å². The topological polar surface area (TPSA) is 89.6 Å². The van der Waals surface area contributed by atoms with Crippen LogP contribution in [0.15, 0.2) is 29.4 Å². The number of thiazole rings is 1. The summed E-state index contributed by atoms with van der Waals surface area (Å²) in [7, 11) is 0. The number of nitrogens with one attached hydrogen (secondary N) is 1. The average molecular weight is 332 g/mol. The number of anilines is 1. The summed E-state index contributed by atoms with van der Waals surface area (Å²) in [6, 6.07) is 7.54. The molecule has 0 fully saturated rings. The third-order valence-corrected chi connectivity index (χ3v) is 3.87. The van der Waals surface area contributed by atoms with E-state index in [0.29, 0.717) is 28.2 Å². The molecule has 0 aliphatic carbocycles. The van der Waals surface area contributed by atoms with Crippen LogP contribution in [0.25, 0.3) is 0 Å². The standard InChI is InChI=1S/C16H20N4O2S/c1-10(2)9-22-13-7-5-4-6-12(13)8-18-20-15(21)14-11(3)19-16(17)23-14/h4-8,10H,9H2,1-3H3,(H2,17,19)(H,20,21)/b18-8-. The van der Waals surface area contributed by atoms with Crippen LogP contribution in [0.3, 0.4) is 0 Å². The Balaban J connectivity index is 2.03. The zero-order chi connectivity index (χ0) is 16.8. The third kappa shape index (κ3) is 4.79. The number of hydrogen-bond acceptors (Lipinski definition) is 6. The zero-order valence-electron chi connectivity index (χ0n) is 13.4. The number of aryl methyl sites for hydroxylation is 1. The van der Waals surface area contributed by atoms with Crippen LogP contribution in [0.1, 0.15) is 34.8 Å². The fourth-order valence-electron chi connectivity index (χ4n) is 1.81. The van der Waals surface area contributed by atoms with Crippen molar-refractivity contribution in [1.82, 2.24) is 10.4 Å². The van der Waals surface area contributed by atoms with E-state index in [9.17, 15) is 4.79 Å². The largest absolute Gasteiger partial charge is 0.493 e. The van der Waals surface area contributed by atoms with Crippen molar-refractivity contribution < 1.29 is 9.53 Å². The molecule has 0 aliphatic rings. The molecular formula is C16H20N4O2S. The lowest BCUT2D eigenvalue weighted by Crippen LogP contribution is -2.17. The number of nitrogen functional groups attached to an aromatic ring is 1. The van der Waals surface area contributed by atoms with E-state index < -0.39 is 0 Å². The molecular weight excluding hydrogens is 312 g/mol. The van der Waals surface area contributed by atoms with Crippen LogP contribution in [0.2, 0.25) is 0 Å². The summed E-state index contributed by atoms with van der Waals surface area (Å²) in [5, 5.41) is 4.35. The molecule has 1 amide bonds. The number of hydrazone groups is 1. The minimum atomic E-state index is -0.325. The molecule has 0 bridgehead atoms. The van der Waals surface area contributed by atoms with Crippen LogP contribution in [0.4, 0.5) is 5.13 Å². The van der Waals surface area contributed by atoms with Crippen molar-refractivity contribution in [1.29, 1.82) is 0 Å². The second kappa shape index (κ2) is 7.73. The van der Waals surface area contributed by atoms with E-state index in [1.807, 2.05) is 24.3 Å². The van der Waals surface area contributed by atoms with Crippen molar-refractivity contribution in [2.24, 2.45) is 11.0 Å². The van der Waals surface area contributed by atoms with Crippen molar-refractivity contribution in [3.8, 4) is 5.75 Å². The molecule has 0 aliphatic heterocycles. The number of para-hydroxylation sites is 1. The number of hydrogen-bond donors (Lipinski definition) is 2. The predicted octanol–water partition coefficient (Wildman–Crippen LogP) is 2.83. The number of ether oxygens (including phenoxy) is 1. The van der Waals surface area contributed by atoms with E-state index in [4.69, 9.17) is 10.5 Å². The van der Waals surface area contributed by atoms with Crippen LogP contribution in [0, 0.1) is 12.8 Å². The van der Waals surface area contributed by atoms with Gasteiger partial charge in [-0.15, -0.1) is 0 Å². The Kier molecular flexibility index (Phi) is 5.70. The van der Waals surface area contributed by atoms with Gasteiger partial charge in [0, 0.05) is 5.56 Å². The number of nitrogens with zero attached hydrogens (tertiary/aromatic N) is 2. The lowest BCUT2D eigenvalue weighted by Gasteiger charge is -2.10. The lowest BCUT2D eigenvalue weighted by atomic mass is 10.2. The number of carbonyl (C=O) groups excluding carboxylic acids is 1. The summed E-state index contributed by atoms with van der Waals surface area (Å²) in [6.45, 7) is 6.52. The summed E-state index contributed by atoms with van der Waals surface area (Å²) in [5.74, 6) is 0.838. The number of carbonyl (C=O) groups is 1. The summed E-state index contributed by atoms with van der Waals surface area (Å²) in [4.78, 5) is 16.5. The van der Waals surface area contributed by atoms with Gasteiger partial charge in [0.05, 0.1) is 18.5 Å². The zero-order valence-corrected chi connectivity index (χ0v) is 14.2. The minimum Gasteiger partial charge on any atom is -0.493 e. The number of amides is 1. The van der Waals surface area contributed by atoms with Crippen molar-refractivity contribution in [2.45, 2.75) is 20.8 Å². The van der Waals surface area contributed by atoms with Gasteiger partial charge in [0.15, 0.2) is 5.13 Å². The van der Waals surface area contributed by atoms with Crippen LogP contribution >= 0.6 is 11.3 Å². The Hall–Kier alpha value is -2.41. The molecule has 0 unspecified atom stereocenters. The Morgan fingerprint density at radius 2 is 2.22 bits per heavy atom. The molecule has 1 aromatic carbocycles. The molecule has 2 rings (SSSR count). The average Bonchev–Trinajstić information content (AvgIpc) is 2.85. The minimum absolute atomic E-state index is 0.325. The van der Waals surface area contributed by atoms with Crippen molar-refractivity contribution in [3.63, 3.8) is 0 Å². The Morgan fingerprint density at radius 1 is 1.48 bits per heavy atom. The SMILES string of the molecule is Cc1nc(N)sc1C(=O)N/N=C\c1ccccc1OCC(C)C. The molecule has 122 valence electrons. The van der Waals surface area contributed by atoms with Gasteiger partial charge in [0.1, 0.15) is 10.6 Å². The van der Waals surface area contributed by atoms with Crippen LogP contribution in [0.5, 0.6) is 5.75 Å². The lowest BCUT2D eigenvalue weighted by molar-refractivity contribution is 0.0958. The quantitative estimate of drug-likeness (QED) is 0.629. The maximum atomic E-state index is 12.0. The van der Waals surface area contributed by atoms with Gasteiger partial charge in [0.2, 0.25) is 0 Å². The van der Waals surface area contributed by atoms with Crippen LogP contribution < -0.4 is 15.9 Å². The van der Waals surface area contributed by atoms with E-state index in [-0.39, 0.29) is 5.91 Å². The second-order valence-electron chi connectivity index (χ2n) is 5.41. The molecule has 0 saturated heterocycles. The summed E-state index contributed by atoms with van der Waals surface area (Å²) in [6.07, 6.45) is 1.56. The van der Waals surface area contributed by atoms with Gasteiger partial charge in [0.25, 0.3) is 5.91 Å². The smallest absolute Gasteiger partial charge is 0.283 e. The molecule has 0 spiro atoms. The summed E-state index contributed by atoms with van der Waals surface area (Å²) < 4.78 is 5.73. The first-order chi connectivity index (χ1) is 11.0. The molecule has 0 radical (unpaired) electrons. The molecule has 1 heterocycles. The monoisotopic (exact) mass is 332 g/mol. The number of nitrogens with two attached hydrogens (primary N) is 1.